The number of hydrogen-bond donors (Lipinski definition) is 2. The van der Waals surface area contributed by atoms with E-state index in [1.807, 2.05) is 12.1 Å². The fourth-order valence-corrected chi connectivity index (χ4v) is 3.23. The number of carbonyl (C=O) groups is 2. The van der Waals surface area contributed by atoms with Crippen LogP contribution in [0.2, 0.25) is 5.02 Å². The molecule has 132 valence electrons. The summed E-state index contributed by atoms with van der Waals surface area (Å²) in [6.07, 6.45) is 4.35. The van der Waals surface area contributed by atoms with Crippen molar-refractivity contribution >= 4 is 23.5 Å². The number of nitrogens with zero attached hydrogens (tertiary/aromatic N) is 1. The van der Waals surface area contributed by atoms with Crippen molar-refractivity contribution in [1.29, 1.82) is 0 Å². The van der Waals surface area contributed by atoms with E-state index in [4.69, 9.17) is 21.1 Å². The lowest BCUT2D eigenvalue weighted by atomic mass is 10.0. The number of aryl methyl sites for hydroxylation is 1. The molecule has 0 unspecified atom stereocenters. The maximum atomic E-state index is 12.1. The minimum atomic E-state index is -0.844. The Bertz CT molecular complexity index is 757. The lowest BCUT2D eigenvalue weighted by Crippen LogP contribution is -2.40. The van der Waals surface area contributed by atoms with Gasteiger partial charge in [-0.05, 0) is 37.1 Å². The summed E-state index contributed by atoms with van der Waals surface area (Å²) in [7, 11) is 0. The Morgan fingerprint density at radius 1 is 1.28 bits per heavy atom. The first kappa shape index (κ1) is 17.5. The second-order valence-electron chi connectivity index (χ2n) is 6.17. The standard InChI is InChI=1S/C18H19ClN2O4/c19-12-6-4-11(5-7-12)15-10-20-17(25-15)9-8-16(22)21-14-3-1-2-13(14)18(23)24/h4-7,10,13-14H,1-3,8-9H2,(H,21,22)(H,23,24)/t13-,14+/m1/s1. The van der Waals surface area contributed by atoms with Crippen LogP contribution >= 0.6 is 11.6 Å². The predicted molar refractivity (Wildman–Crippen MR) is 92.2 cm³/mol. The topological polar surface area (TPSA) is 92.4 Å². The van der Waals surface area contributed by atoms with Crippen molar-refractivity contribution in [3.05, 3.63) is 41.4 Å². The van der Waals surface area contributed by atoms with E-state index in [9.17, 15) is 9.59 Å². The molecule has 1 fully saturated rings. The molecule has 0 radical (unpaired) electrons. The molecule has 2 N–H and O–H groups in total. The molecule has 0 saturated heterocycles. The van der Waals surface area contributed by atoms with Crippen LogP contribution in [0.5, 0.6) is 0 Å². The van der Waals surface area contributed by atoms with E-state index < -0.39 is 11.9 Å². The van der Waals surface area contributed by atoms with Gasteiger partial charge >= 0.3 is 5.97 Å². The number of benzene rings is 1. The van der Waals surface area contributed by atoms with Crippen LogP contribution in [0.15, 0.2) is 34.9 Å². The van der Waals surface area contributed by atoms with Crippen molar-refractivity contribution in [3.8, 4) is 11.3 Å². The Morgan fingerprint density at radius 2 is 2.04 bits per heavy atom. The highest BCUT2D eigenvalue weighted by Crippen LogP contribution is 2.26. The summed E-state index contributed by atoms with van der Waals surface area (Å²) in [5.74, 6) is -0.412. The number of carbonyl (C=O) groups excluding carboxylic acids is 1. The number of carboxylic acid groups (broad SMARTS) is 1. The maximum absolute atomic E-state index is 12.1. The molecule has 2 atom stereocenters. The van der Waals surface area contributed by atoms with E-state index in [1.54, 1.807) is 18.3 Å². The van der Waals surface area contributed by atoms with E-state index in [1.165, 1.54) is 0 Å². The number of aliphatic carboxylic acids is 1. The normalized spacial score (nSPS) is 19.7. The van der Waals surface area contributed by atoms with Crippen LogP contribution in [-0.2, 0) is 16.0 Å². The molecule has 1 amide bonds. The minimum absolute atomic E-state index is 0.176. The van der Waals surface area contributed by atoms with Crippen molar-refractivity contribution in [2.75, 3.05) is 0 Å². The SMILES string of the molecule is O=C(CCc1ncc(-c2ccc(Cl)cc2)o1)N[C@H]1CCC[C@H]1C(=O)O. The van der Waals surface area contributed by atoms with Gasteiger partial charge in [0.15, 0.2) is 11.7 Å². The van der Waals surface area contributed by atoms with Crippen LogP contribution < -0.4 is 5.32 Å². The Labute approximate surface area is 150 Å². The van der Waals surface area contributed by atoms with Crippen molar-refractivity contribution in [2.45, 2.75) is 38.1 Å². The van der Waals surface area contributed by atoms with E-state index in [-0.39, 0.29) is 18.4 Å². The van der Waals surface area contributed by atoms with Crippen molar-refractivity contribution in [3.63, 3.8) is 0 Å². The van der Waals surface area contributed by atoms with Gasteiger partial charge in [0, 0.05) is 29.5 Å². The van der Waals surface area contributed by atoms with E-state index in [2.05, 4.69) is 10.3 Å². The number of carboxylic acids is 1. The molecule has 0 bridgehead atoms. The van der Waals surface area contributed by atoms with Crippen LogP contribution in [0, 0.1) is 5.92 Å². The number of hydrogen-bond acceptors (Lipinski definition) is 4. The zero-order valence-electron chi connectivity index (χ0n) is 13.6. The monoisotopic (exact) mass is 362 g/mol. The van der Waals surface area contributed by atoms with Gasteiger partial charge in [0.2, 0.25) is 5.91 Å². The zero-order valence-corrected chi connectivity index (χ0v) is 14.3. The fourth-order valence-electron chi connectivity index (χ4n) is 3.10. The summed E-state index contributed by atoms with van der Waals surface area (Å²) in [6.45, 7) is 0. The first-order valence-electron chi connectivity index (χ1n) is 8.26. The molecule has 6 nitrogen and oxygen atoms in total. The van der Waals surface area contributed by atoms with Crippen LogP contribution in [0.1, 0.15) is 31.6 Å². The van der Waals surface area contributed by atoms with Crippen molar-refractivity contribution in [2.24, 2.45) is 5.92 Å². The molecule has 0 aliphatic heterocycles. The Morgan fingerprint density at radius 3 is 2.76 bits per heavy atom. The summed E-state index contributed by atoms with van der Waals surface area (Å²) in [4.78, 5) is 27.4. The van der Waals surface area contributed by atoms with Gasteiger partial charge in [0.1, 0.15) is 0 Å². The van der Waals surface area contributed by atoms with E-state index in [0.717, 1.165) is 12.0 Å². The fraction of sp³-hybridized carbons (Fsp3) is 0.389. The molecule has 1 saturated carbocycles. The first-order valence-corrected chi connectivity index (χ1v) is 8.63. The summed E-state index contributed by atoms with van der Waals surface area (Å²) in [5, 5.41) is 12.6. The van der Waals surface area contributed by atoms with Gasteiger partial charge in [-0.15, -0.1) is 0 Å². The molecule has 1 aliphatic rings. The molecule has 1 heterocycles. The van der Waals surface area contributed by atoms with Crippen LogP contribution in [-0.4, -0.2) is 28.0 Å². The predicted octanol–water partition coefficient (Wildman–Crippen LogP) is 3.30. The number of amides is 1. The molecule has 25 heavy (non-hydrogen) atoms. The molecular formula is C18H19ClN2O4. The third kappa shape index (κ3) is 4.39. The van der Waals surface area contributed by atoms with Gasteiger partial charge in [0.05, 0.1) is 12.1 Å². The third-order valence-electron chi connectivity index (χ3n) is 4.43. The molecule has 7 heteroatoms. The highest BCUT2D eigenvalue weighted by molar-refractivity contribution is 6.30. The van der Waals surface area contributed by atoms with Crippen LogP contribution in [0.3, 0.4) is 0 Å². The maximum Gasteiger partial charge on any atom is 0.308 e. The molecular weight excluding hydrogens is 344 g/mol. The summed E-state index contributed by atoms with van der Waals surface area (Å²) >= 11 is 5.86. The number of aromatic nitrogens is 1. The van der Waals surface area contributed by atoms with Crippen LogP contribution in [0.25, 0.3) is 11.3 Å². The summed E-state index contributed by atoms with van der Waals surface area (Å²) in [6, 6.07) is 6.94. The number of oxazole rings is 1. The van der Waals surface area contributed by atoms with E-state index in [0.29, 0.717) is 35.9 Å². The first-order chi connectivity index (χ1) is 12.0. The molecule has 1 aliphatic carbocycles. The number of rotatable bonds is 6. The van der Waals surface area contributed by atoms with Gasteiger partial charge in [0.25, 0.3) is 0 Å². The molecule has 1 aromatic heterocycles. The number of nitrogens with one attached hydrogen (secondary N) is 1. The molecule has 1 aromatic carbocycles. The molecule has 3 rings (SSSR count). The second-order valence-corrected chi connectivity index (χ2v) is 6.61. The molecule has 0 spiro atoms. The highest BCUT2D eigenvalue weighted by atomic mass is 35.5. The van der Waals surface area contributed by atoms with Crippen molar-refractivity contribution in [1.82, 2.24) is 10.3 Å². The lowest BCUT2D eigenvalue weighted by molar-refractivity contribution is -0.142. The van der Waals surface area contributed by atoms with Gasteiger partial charge in [-0.25, -0.2) is 4.98 Å². The Kier molecular flexibility index (Phi) is 5.38. The van der Waals surface area contributed by atoms with Crippen molar-refractivity contribution < 1.29 is 19.1 Å². The lowest BCUT2D eigenvalue weighted by Gasteiger charge is -2.17. The summed E-state index contributed by atoms with van der Waals surface area (Å²) in [5.41, 5.74) is 0.864. The van der Waals surface area contributed by atoms with Gasteiger partial charge in [-0.1, -0.05) is 18.0 Å². The number of halogens is 1. The highest BCUT2D eigenvalue weighted by Gasteiger charge is 2.33. The third-order valence-corrected chi connectivity index (χ3v) is 4.68. The second kappa shape index (κ2) is 7.70. The Hall–Kier alpha value is -2.34. The summed E-state index contributed by atoms with van der Waals surface area (Å²) < 4.78 is 5.66. The van der Waals surface area contributed by atoms with Gasteiger partial charge in [-0.3, -0.25) is 9.59 Å². The average molecular weight is 363 g/mol. The Balaban J connectivity index is 1.52. The largest absolute Gasteiger partial charge is 0.481 e. The van der Waals surface area contributed by atoms with Gasteiger partial charge < -0.3 is 14.8 Å². The van der Waals surface area contributed by atoms with Gasteiger partial charge in [-0.2, -0.15) is 0 Å². The quantitative estimate of drug-likeness (QED) is 0.822. The average Bonchev–Trinajstić information content (AvgIpc) is 3.23. The smallest absolute Gasteiger partial charge is 0.308 e. The molecule has 2 aromatic rings. The zero-order chi connectivity index (χ0) is 17.8. The van der Waals surface area contributed by atoms with Crippen LogP contribution in [0.4, 0.5) is 0 Å². The van der Waals surface area contributed by atoms with E-state index >= 15 is 0 Å². The minimum Gasteiger partial charge on any atom is -0.481 e.